The van der Waals surface area contributed by atoms with Gasteiger partial charge in [-0.1, -0.05) is 24.6 Å². The number of thiazole rings is 1. The van der Waals surface area contributed by atoms with Crippen LogP contribution in [0.2, 0.25) is 5.02 Å². The number of hydrogen-bond acceptors (Lipinski definition) is 5. The third kappa shape index (κ3) is 4.97. The number of anilines is 2. The van der Waals surface area contributed by atoms with E-state index in [1.165, 1.54) is 24.2 Å². The number of aromatic nitrogens is 1. The minimum Gasteiger partial charge on any atom is -0.312 e. The van der Waals surface area contributed by atoms with Crippen molar-refractivity contribution >= 4 is 45.6 Å². The number of piperidine rings is 1. The van der Waals surface area contributed by atoms with Crippen LogP contribution in [0.3, 0.4) is 0 Å². The van der Waals surface area contributed by atoms with Gasteiger partial charge in [0.05, 0.1) is 11.6 Å². The maximum absolute atomic E-state index is 12.7. The number of benzene rings is 1. The normalized spacial score (nSPS) is 22.8. The van der Waals surface area contributed by atoms with E-state index < -0.39 is 5.92 Å². The van der Waals surface area contributed by atoms with Gasteiger partial charge in [-0.05, 0) is 43.5 Å². The first-order valence-corrected chi connectivity index (χ1v) is 11.3. The van der Waals surface area contributed by atoms with Gasteiger partial charge in [0, 0.05) is 42.1 Å². The van der Waals surface area contributed by atoms with Crippen LogP contribution in [0.25, 0.3) is 0 Å². The first kappa shape index (κ1) is 20.3. The monoisotopic (exact) mass is 432 g/mol. The first-order chi connectivity index (χ1) is 14.0. The minimum atomic E-state index is -0.392. The first-order valence-electron chi connectivity index (χ1n) is 10.0. The van der Waals surface area contributed by atoms with Crippen LogP contribution in [0.4, 0.5) is 10.8 Å². The van der Waals surface area contributed by atoms with E-state index in [-0.39, 0.29) is 18.2 Å². The lowest BCUT2D eigenvalue weighted by atomic mass is 10.0. The molecule has 2 saturated heterocycles. The molecule has 2 aliphatic rings. The molecule has 8 heteroatoms. The van der Waals surface area contributed by atoms with Crippen LogP contribution in [-0.4, -0.2) is 41.3 Å². The Morgan fingerprint density at radius 2 is 2.24 bits per heavy atom. The molecule has 4 rings (SSSR count). The van der Waals surface area contributed by atoms with E-state index in [0.717, 1.165) is 36.9 Å². The molecule has 1 aromatic carbocycles. The maximum Gasteiger partial charge on any atom is 0.231 e. The van der Waals surface area contributed by atoms with Crippen LogP contribution < -0.4 is 10.2 Å². The summed E-state index contributed by atoms with van der Waals surface area (Å²) in [6.07, 6.45) is 2.72. The summed E-state index contributed by atoms with van der Waals surface area (Å²) in [5.41, 5.74) is 1.72. The Labute approximate surface area is 179 Å². The summed E-state index contributed by atoms with van der Waals surface area (Å²) < 4.78 is 0. The molecule has 6 nitrogen and oxygen atoms in total. The van der Waals surface area contributed by atoms with Crippen molar-refractivity contribution in [1.29, 1.82) is 0 Å². The summed E-state index contributed by atoms with van der Waals surface area (Å²) in [6, 6.07) is 7.14. The highest BCUT2D eigenvalue weighted by Gasteiger charge is 2.35. The second-order valence-electron chi connectivity index (χ2n) is 8.00. The summed E-state index contributed by atoms with van der Waals surface area (Å²) >= 11 is 7.47. The molecule has 2 atom stereocenters. The number of nitrogens with zero attached hydrogens (tertiary/aromatic N) is 3. The Kier molecular flexibility index (Phi) is 6.18. The van der Waals surface area contributed by atoms with Crippen LogP contribution >= 0.6 is 22.9 Å². The molecule has 154 valence electrons. The second kappa shape index (κ2) is 8.81. The zero-order valence-corrected chi connectivity index (χ0v) is 18.0. The van der Waals surface area contributed by atoms with Crippen molar-refractivity contribution in [2.75, 3.05) is 29.9 Å². The fourth-order valence-corrected chi connectivity index (χ4v) is 4.97. The number of carbonyl (C=O) groups is 2. The molecule has 1 N–H and O–H groups in total. The fraction of sp³-hybridized carbons (Fsp3) is 0.476. The molecule has 0 aliphatic carbocycles. The third-order valence-electron chi connectivity index (χ3n) is 5.52. The van der Waals surface area contributed by atoms with Crippen molar-refractivity contribution < 1.29 is 9.59 Å². The topological polar surface area (TPSA) is 65.5 Å². The van der Waals surface area contributed by atoms with Crippen molar-refractivity contribution in [3.05, 3.63) is 40.4 Å². The van der Waals surface area contributed by atoms with Crippen molar-refractivity contribution in [3.63, 3.8) is 0 Å². The molecule has 0 radical (unpaired) electrons. The smallest absolute Gasteiger partial charge is 0.231 e. The summed E-state index contributed by atoms with van der Waals surface area (Å²) in [5, 5.41) is 6.08. The predicted molar refractivity (Wildman–Crippen MR) is 116 cm³/mol. The molecule has 0 bridgehead atoms. The van der Waals surface area contributed by atoms with Crippen LogP contribution in [0.5, 0.6) is 0 Å². The van der Waals surface area contributed by atoms with E-state index in [2.05, 4.69) is 22.1 Å². The van der Waals surface area contributed by atoms with Gasteiger partial charge >= 0.3 is 0 Å². The van der Waals surface area contributed by atoms with E-state index in [1.807, 2.05) is 11.4 Å². The third-order valence-corrected chi connectivity index (χ3v) is 6.57. The molecule has 2 fully saturated rings. The number of carbonyl (C=O) groups excluding carboxylic acids is 2. The lowest BCUT2D eigenvalue weighted by molar-refractivity contribution is -0.122. The number of amides is 2. The highest BCUT2D eigenvalue weighted by Crippen LogP contribution is 2.28. The van der Waals surface area contributed by atoms with Gasteiger partial charge in [0.1, 0.15) is 0 Å². The van der Waals surface area contributed by atoms with Gasteiger partial charge in [0.25, 0.3) is 0 Å². The van der Waals surface area contributed by atoms with E-state index in [4.69, 9.17) is 11.6 Å². The molecular formula is C21H25ClN4O2S. The summed E-state index contributed by atoms with van der Waals surface area (Å²) in [6.45, 7) is 5.67. The standard InChI is InChI=1S/C21H25ClN4O2S/c1-14-4-3-7-25(10-14)12-17-13-29-21(23-17)24-20(28)15-8-19(27)26(11-15)18-6-2-5-16(22)9-18/h2,5-6,9,13-15H,3-4,7-8,10-12H2,1H3,(H,23,24,28). The zero-order valence-electron chi connectivity index (χ0n) is 16.4. The summed E-state index contributed by atoms with van der Waals surface area (Å²) in [4.78, 5) is 33.7. The van der Waals surface area contributed by atoms with Crippen LogP contribution in [-0.2, 0) is 16.1 Å². The van der Waals surface area contributed by atoms with Crippen LogP contribution in [0, 0.1) is 11.8 Å². The molecular weight excluding hydrogens is 408 g/mol. The van der Waals surface area contributed by atoms with E-state index in [0.29, 0.717) is 16.7 Å². The number of halogens is 1. The molecule has 2 aliphatic heterocycles. The molecule has 1 aromatic heterocycles. The van der Waals surface area contributed by atoms with Crippen molar-refractivity contribution in [2.45, 2.75) is 32.7 Å². The minimum absolute atomic E-state index is 0.0635. The van der Waals surface area contributed by atoms with E-state index in [9.17, 15) is 9.59 Å². The molecule has 2 amide bonds. The highest BCUT2D eigenvalue weighted by molar-refractivity contribution is 7.13. The highest BCUT2D eigenvalue weighted by atomic mass is 35.5. The van der Waals surface area contributed by atoms with Crippen LogP contribution in [0.15, 0.2) is 29.6 Å². The van der Waals surface area contributed by atoms with Gasteiger partial charge in [-0.2, -0.15) is 0 Å². The Morgan fingerprint density at radius 3 is 3.03 bits per heavy atom. The quantitative estimate of drug-likeness (QED) is 0.774. The average molecular weight is 433 g/mol. The van der Waals surface area contributed by atoms with E-state index >= 15 is 0 Å². The lowest BCUT2D eigenvalue weighted by Gasteiger charge is -2.30. The molecule has 29 heavy (non-hydrogen) atoms. The predicted octanol–water partition coefficient (Wildman–Crippen LogP) is 4.02. The number of hydrogen-bond donors (Lipinski definition) is 1. The Balaban J connectivity index is 1.34. The Hall–Kier alpha value is -1.96. The second-order valence-corrected chi connectivity index (χ2v) is 9.30. The average Bonchev–Trinajstić information content (AvgIpc) is 3.28. The van der Waals surface area contributed by atoms with Crippen LogP contribution in [0.1, 0.15) is 31.9 Å². The van der Waals surface area contributed by atoms with E-state index in [1.54, 1.807) is 23.1 Å². The number of rotatable bonds is 5. The fourth-order valence-electron chi connectivity index (χ4n) is 4.08. The van der Waals surface area contributed by atoms with Crippen molar-refractivity contribution in [2.24, 2.45) is 11.8 Å². The molecule has 2 unspecified atom stereocenters. The summed E-state index contributed by atoms with van der Waals surface area (Å²) in [7, 11) is 0. The van der Waals surface area contributed by atoms with Gasteiger partial charge < -0.3 is 10.2 Å². The molecule has 2 aromatic rings. The largest absolute Gasteiger partial charge is 0.312 e. The number of likely N-dealkylation sites (tertiary alicyclic amines) is 1. The zero-order chi connectivity index (χ0) is 20.4. The van der Waals surface area contributed by atoms with Gasteiger partial charge in [-0.15, -0.1) is 11.3 Å². The molecule has 3 heterocycles. The lowest BCUT2D eigenvalue weighted by Crippen LogP contribution is -2.33. The summed E-state index contributed by atoms with van der Waals surface area (Å²) in [5.74, 6) is 0.113. The molecule has 0 spiro atoms. The maximum atomic E-state index is 12.7. The van der Waals surface area contributed by atoms with Gasteiger partial charge in [0.15, 0.2) is 5.13 Å². The SMILES string of the molecule is CC1CCCN(Cc2csc(NC(=O)C3CC(=O)N(c4cccc(Cl)c4)C3)n2)C1. The Bertz CT molecular complexity index is 902. The van der Waals surface area contributed by atoms with Gasteiger partial charge in [-0.3, -0.25) is 14.5 Å². The van der Waals surface area contributed by atoms with Crippen molar-refractivity contribution in [1.82, 2.24) is 9.88 Å². The van der Waals surface area contributed by atoms with Crippen molar-refractivity contribution in [3.8, 4) is 0 Å². The van der Waals surface area contributed by atoms with Gasteiger partial charge in [0.2, 0.25) is 11.8 Å². The Morgan fingerprint density at radius 1 is 1.38 bits per heavy atom. The van der Waals surface area contributed by atoms with Gasteiger partial charge in [-0.25, -0.2) is 4.98 Å². The number of nitrogens with one attached hydrogen (secondary N) is 1. The molecule has 0 saturated carbocycles.